The number of amides is 1. The van der Waals surface area contributed by atoms with Crippen LogP contribution in [0, 0.1) is 13.8 Å². The summed E-state index contributed by atoms with van der Waals surface area (Å²) in [5, 5.41) is 14.7. The highest BCUT2D eigenvalue weighted by Crippen LogP contribution is 2.22. The van der Waals surface area contributed by atoms with Crippen LogP contribution >= 0.6 is 23.1 Å². The lowest BCUT2D eigenvalue weighted by molar-refractivity contribution is -0.115. The molecule has 0 fully saturated rings. The van der Waals surface area contributed by atoms with E-state index in [1.54, 1.807) is 11.8 Å². The maximum absolute atomic E-state index is 12.1. The second-order valence-electron chi connectivity index (χ2n) is 5.70. The Balaban J connectivity index is 1.53. The molecule has 0 spiro atoms. The van der Waals surface area contributed by atoms with E-state index in [9.17, 15) is 4.79 Å². The van der Waals surface area contributed by atoms with Gasteiger partial charge < -0.3 is 9.88 Å². The molecule has 3 rings (SSSR count). The molecular formula is C17H19N5OS2. The van der Waals surface area contributed by atoms with Crippen molar-refractivity contribution in [3.63, 3.8) is 0 Å². The summed E-state index contributed by atoms with van der Waals surface area (Å²) < 4.78 is 1.95. The van der Waals surface area contributed by atoms with Crippen LogP contribution < -0.4 is 5.32 Å². The number of aromatic nitrogens is 4. The van der Waals surface area contributed by atoms with Gasteiger partial charge >= 0.3 is 0 Å². The standard InChI is InChI=1S/C17H19N5OS2/c1-11-4-6-13(7-5-11)18-15(23)8-16-19-14(9-24-16)10-25-17-21-20-12(2)22(17)3/h4-7,9H,8,10H2,1-3H3,(H,18,23). The van der Waals surface area contributed by atoms with Gasteiger partial charge in [-0.3, -0.25) is 4.79 Å². The van der Waals surface area contributed by atoms with Crippen LogP contribution in [0.15, 0.2) is 34.8 Å². The lowest BCUT2D eigenvalue weighted by atomic mass is 10.2. The van der Waals surface area contributed by atoms with E-state index in [2.05, 4.69) is 20.5 Å². The number of carbonyl (C=O) groups is 1. The van der Waals surface area contributed by atoms with E-state index in [0.29, 0.717) is 5.75 Å². The molecule has 0 saturated heterocycles. The van der Waals surface area contributed by atoms with Crippen molar-refractivity contribution in [2.45, 2.75) is 31.2 Å². The number of aryl methyl sites for hydroxylation is 2. The van der Waals surface area contributed by atoms with Gasteiger partial charge in [0.2, 0.25) is 5.91 Å². The van der Waals surface area contributed by atoms with Crippen LogP contribution in [0.3, 0.4) is 0 Å². The third-order valence-corrected chi connectivity index (χ3v) is 5.60. The highest BCUT2D eigenvalue weighted by atomic mass is 32.2. The van der Waals surface area contributed by atoms with Gasteiger partial charge in [0.25, 0.3) is 0 Å². The molecule has 0 unspecified atom stereocenters. The van der Waals surface area contributed by atoms with Gasteiger partial charge in [0.05, 0.1) is 12.1 Å². The molecule has 0 aliphatic rings. The monoisotopic (exact) mass is 373 g/mol. The summed E-state index contributed by atoms with van der Waals surface area (Å²) in [5.41, 5.74) is 2.92. The second-order valence-corrected chi connectivity index (χ2v) is 7.59. The fourth-order valence-corrected chi connectivity index (χ4v) is 3.87. The third-order valence-electron chi connectivity index (χ3n) is 3.65. The van der Waals surface area contributed by atoms with Gasteiger partial charge in [0.15, 0.2) is 5.16 Å². The van der Waals surface area contributed by atoms with Gasteiger partial charge in [-0.25, -0.2) is 4.98 Å². The Labute approximate surface area is 154 Å². The summed E-state index contributed by atoms with van der Waals surface area (Å²) in [5.74, 6) is 1.54. The average molecular weight is 374 g/mol. The predicted molar refractivity (Wildman–Crippen MR) is 101 cm³/mol. The van der Waals surface area contributed by atoms with Crippen molar-refractivity contribution >= 4 is 34.7 Å². The zero-order valence-corrected chi connectivity index (χ0v) is 15.9. The fourth-order valence-electron chi connectivity index (χ4n) is 2.13. The molecule has 8 heteroatoms. The summed E-state index contributed by atoms with van der Waals surface area (Å²) >= 11 is 3.10. The molecule has 0 aliphatic heterocycles. The molecule has 1 N–H and O–H groups in total. The number of anilines is 1. The van der Waals surface area contributed by atoms with E-state index in [1.807, 2.05) is 55.1 Å². The minimum Gasteiger partial charge on any atom is -0.326 e. The highest BCUT2D eigenvalue weighted by Gasteiger charge is 2.11. The molecule has 3 aromatic rings. The topological polar surface area (TPSA) is 72.7 Å². The first-order valence-corrected chi connectivity index (χ1v) is 9.66. The Morgan fingerprint density at radius 3 is 2.68 bits per heavy atom. The number of carbonyl (C=O) groups excluding carboxylic acids is 1. The Morgan fingerprint density at radius 1 is 1.24 bits per heavy atom. The number of thioether (sulfide) groups is 1. The molecule has 0 saturated carbocycles. The van der Waals surface area contributed by atoms with Crippen molar-refractivity contribution in [2.75, 3.05) is 5.32 Å². The molecule has 0 aliphatic carbocycles. The molecule has 2 heterocycles. The van der Waals surface area contributed by atoms with E-state index >= 15 is 0 Å². The van der Waals surface area contributed by atoms with E-state index in [0.717, 1.165) is 32.9 Å². The van der Waals surface area contributed by atoms with Crippen molar-refractivity contribution in [1.82, 2.24) is 19.7 Å². The van der Waals surface area contributed by atoms with Gasteiger partial charge in [-0.05, 0) is 26.0 Å². The zero-order chi connectivity index (χ0) is 17.8. The van der Waals surface area contributed by atoms with Crippen molar-refractivity contribution in [1.29, 1.82) is 0 Å². The van der Waals surface area contributed by atoms with Crippen LogP contribution in [-0.2, 0) is 24.0 Å². The van der Waals surface area contributed by atoms with Gasteiger partial charge in [-0.15, -0.1) is 21.5 Å². The third kappa shape index (κ3) is 4.67. The Morgan fingerprint density at radius 2 is 2.00 bits per heavy atom. The van der Waals surface area contributed by atoms with E-state index in [4.69, 9.17) is 0 Å². The molecular weight excluding hydrogens is 354 g/mol. The maximum atomic E-state index is 12.1. The smallest absolute Gasteiger partial charge is 0.231 e. The number of benzene rings is 1. The molecule has 1 amide bonds. The summed E-state index contributed by atoms with van der Waals surface area (Å²) in [4.78, 5) is 16.7. The van der Waals surface area contributed by atoms with Crippen LogP contribution in [0.25, 0.3) is 0 Å². The van der Waals surface area contributed by atoms with Crippen LogP contribution in [0.4, 0.5) is 5.69 Å². The number of nitrogens with one attached hydrogen (secondary N) is 1. The number of nitrogens with zero attached hydrogens (tertiary/aromatic N) is 4. The highest BCUT2D eigenvalue weighted by molar-refractivity contribution is 7.98. The van der Waals surface area contributed by atoms with Crippen molar-refractivity contribution in [2.24, 2.45) is 7.05 Å². The number of hydrogen-bond donors (Lipinski definition) is 1. The summed E-state index contributed by atoms with van der Waals surface area (Å²) in [7, 11) is 1.94. The summed E-state index contributed by atoms with van der Waals surface area (Å²) in [6.07, 6.45) is 0.284. The molecule has 0 radical (unpaired) electrons. The first-order valence-electron chi connectivity index (χ1n) is 7.80. The van der Waals surface area contributed by atoms with Crippen molar-refractivity contribution in [3.8, 4) is 0 Å². The summed E-state index contributed by atoms with van der Waals surface area (Å²) in [6.45, 7) is 3.94. The molecule has 1 aromatic carbocycles. The van der Waals surface area contributed by atoms with E-state index in [1.165, 1.54) is 11.3 Å². The normalized spacial score (nSPS) is 10.8. The molecule has 6 nitrogen and oxygen atoms in total. The maximum Gasteiger partial charge on any atom is 0.231 e. The summed E-state index contributed by atoms with van der Waals surface area (Å²) in [6, 6.07) is 7.76. The number of hydrogen-bond acceptors (Lipinski definition) is 6. The fraction of sp³-hybridized carbons (Fsp3) is 0.294. The quantitative estimate of drug-likeness (QED) is 0.671. The average Bonchev–Trinajstić information content (AvgIpc) is 3.15. The molecule has 0 bridgehead atoms. The van der Waals surface area contributed by atoms with Crippen LogP contribution in [0.2, 0.25) is 0 Å². The minimum absolute atomic E-state index is 0.0543. The SMILES string of the molecule is Cc1ccc(NC(=O)Cc2nc(CSc3nnc(C)n3C)cs2)cc1. The predicted octanol–water partition coefficient (Wildman–Crippen LogP) is 3.36. The van der Waals surface area contributed by atoms with Crippen LogP contribution in [0.1, 0.15) is 22.1 Å². The van der Waals surface area contributed by atoms with E-state index < -0.39 is 0 Å². The van der Waals surface area contributed by atoms with Gasteiger partial charge in [0, 0.05) is 23.9 Å². The lowest BCUT2D eigenvalue weighted by Crippen LogP contribution is -2.14. The first kappa shape index (κ1) is 17.6. The number of thiazole rings is 1. The lowest BCUT2D eigenvalue weighted by Gasteiger charge is -2.04. The zero-order valence-electron chi connectivity index (χ0n) is 14.3. The second kappa shape index (κ2) is 7.79. The Bertz CT molecular complexity index is 870. The first-order chi connectivity index (χ1) is 12.0. The van der Waals surface area contributed by atoms with Crippen molar-refractivity contribution in [3.05, 3.63) is 51.7 Å². The van der Waals surface area contributed by atoms with Crippen molar-refractivity contribution < 1.29 is 4.79 Å². The molecule has 25 heavy (non-hydrogen) atoms. The van der Waals surface area contributed by atoms with E-state index in [-0.39, 0.29) is 12.3 Å². The number of rotatable bonds is 6. The van der Waals surface area contributed by atoms with Crippen LogP contribution in [0.5, 0.6) is 0 Å². The van der Waals surface area contributed by atoms with Crippen LogP contribution in [-0.4, -0.2) is 25.7 Å². The van der Waals surface area contributed by atoms with Gasteiger partial charge in [0.1, 0.15) is 10.8 Å². The molecule has 0 atom stereocenters. The largest absolute Gasteiger partial charge is 0.326 e. The Hall–Kier alpha value is -2.19. The Kier molecular flexibility index (Phi) is 5.50. The van der Waals surface area contributed by atoms with Gasteiger partial charge in [-0.1, -0.05) is 29.5 Å². The molecule has 2 aromatic heterocycles. The minimum atomic E-state index is -0.0543. The molecule has 130 valence electrons. The van der Waals surface area contributed by atoms with Gasteiger partial charge in [-0.2, -0.15) is 0 Å².